The van der Waals surface area contributed by atoms with Crippen LogP contribution in [-0.2, 0) is 26.0 Å². The van der Waals surface area contributed by atoms with E-state index in [-0.39, 0.29) is 30.7 Å². The lowest BCUT2D eigenvalue weighted by molar-refractivity contribution is -0.126. The zero-order valence-electron chi connectivity index (χ0n) is 15.8. The van der Waals surface area contributed by atoms with E-state index in [1.54, 1.807) is 0 Å². The number of sulfonamides is 1. The molecule has 0 bridgehead atoms. The van der Waals surface area contributed by atoms with Crippen molar-refractivity contribution in [3.63, 3.8) is 0 Å². The molecule has 2 amide bonds. The van der Waals surface area contributed by atoms with Crippen LogP contribution in [0.4, 0.5) is 0 Å². The number of nitrogens with one attached hydrogen (secondary N) is 2. The first-order valence-electron chi connectivity index (χ1n) is 9.39. The zero-order valence-corrected chi connectivity index (χ0v) is 16.6. The van der Waals surface area contributed by atoms with Crippen LogP contribution in [-0.4, -0.2) is 57.0 Å². The van der Waals surface area contributed by atoms with Crippen molar-refractivity contribution >= 4 is 21.8 Å². The van der Waals surface area contributed by atoms with E-state index in [1.807, 2.05) is 30.3 Å². The molecule has 1 fully saturated rings. The van der Waals surface area contributed by atoms with E-state index in [4.69, 9.17) is 0 Å². The quantitative estimate of drug-likeness (QED) is 0.775. The van der Waals surface area contributed by atoms with Crippen LogP contribution in [0.1, 0.15) is 31.2 Å². The molecule has 0 aromatic heterocycles. The van der Waals surface area contributed by atoms with Crippen LogP contribution in [0.15, 0.2) is 30.3 Å². The summed E-state index contributed by atoms with van der Waals surface area (Å²) in [4.78, 5) is 24.4. The van der Waals surface area contributed by atoms with E-state index in [1.165, 1.54) is 4.31 Å². The van der Waals surface area contributed by atoms with Gasteiger partial charge in [-0.25, -0.2) is 12.7 Å². The van der Waals surface area contributed by atoms with Crippen LogP contribution in [0.3, 0.4) is 0 Å². The first-order chi connectivity index (χ1) is 12.9. The Bertz CT molecular complexity index is 722. The monoisotopic (exact) mass is 395 g/mol. The van der Waals surface area contributed by atoms with Gasteiger partial charge in [-0.3, -0.25) is 9.59 Å². The maximum absolute atomic E-state index is 12.5. The van der Waals surface area contributed by atoms with Crippen LogP contribution in [0.5, 0.6) is 0 Å². The molecule has 1 aliphatic rings. The molecule has 0 spiro atoms. The Labute approximate surface area is 161 Å². The minimum Gasteiger partial charge on any atom is -0.356 e. The Hall–Kier alpha value is -1.93. The van der Waals surface area contributed by atoms with E-state index in [0.29, 0.717) is 38.9 Å². The van der Waals surface area contributed by atoms with Crippen LogP contribution in [0.2, 0.25) is 0 Å². The molecular weight excluding hydrogens is 366 g/mol. The smallest absolute Gasteiger partial charge is 0.223 e. The second kappa shape index (κ2) is 10.4. The second-order valence-corrected chi connectivity index (χ2v) is 8.90. The molecule has 1 saturated heterocycles. The van der Waals surface area contributed by atoms with E-state index >= 15 is 0 Å². The van der Waals surface area contributed by atoms with Gasteiger partial charge in [0.2, 0.25) is 21.8 Å². The van der Waals surface area contributed by atoms with Gasteiger partial charge in [0, 0.05) is 38.5 Å². The molecule has 0 saturated carbocycles. The number of carbonyl (C=O) groups excluding carboxylic acids is 2. The van der Waals surface area contributed by atoms with Gasteiger partial charge in [-0.15, -0.1) is 0 Å². The van der Waals surface area contributed by atoms with Gasteiger partial charge in [0.15, 0.2) is 0 Å². The normalized spacial score (nSPS) is 20.3. The zero-order chi connectivity index (χ0) is 19.7. The molecule has 2 rings (SSSR count). The molecule has 1 aliphatic heterocycles. The van der Waals surface area contributed by atoms with E-state index in [2.05, 4.69) is 10.6 Å². The van der Waals surface area contributed by atoms with Gasteiger partial charge in [0.1, 0.15) is 0 Å². The fourth-order valence-electron chi connectivity index (χ4n) is 3.18. The van der Waals surface area contributed by atoms with Crippen molar-refractivity contribution in [2.45, 2.75) is 32.1 Å². The summed E-state index contributed by atoms with van der Waals surface area (Å²) in [7, 11) is -3.36. The summed E-state index contributed by atoms with van der Waals surface area (Å²) in [5.41, 5.74) is 1.16. The van der Waals surface area contributed by atoms with Crippen LogP contribution in [0, 0.1) is 5.92 Å². The van der Waals surface area contributed by atoms with Crippen LogP contribution >= 0.6 is 0 Å². The Morgan fingerprint density at radius 1 is 1.22 bits per heavy atom. The van der Waals surface area contributed by atoms with E-state index in [9.17, 15) is 18.0 Å². The van der Waals surface area contributed by atoms with Crippen molar-refractivity contribution in [1.82, 2.24) is 14.9 Å². The highest BCUT2D eigenvalue weighted by molar-refractivity contribution is 7.88. The minimum absolute atomic E-state index is 0.0367. The van der Waals surface area contributed by atoms with Gasteiger partial charge in [-0.1, -0.05) is 30.3 Å². The SMILES string of the molecule is CS(=O)(=O)N1CCCC(C(=O)NCCc2ccccc2)CCNC(=O)CC1. The van der Waals surface area contributed by atoms with Gasteiger partial charge in [-0.2, -0.15) is 0 Å². The van der Waals surface area contributed by atoms with Crippen LogP contribution in [0.25, 0.3) is 0 Å². The topological polar surface area (TPSA) is 95.6 Å². The van der Waals surface area contributed by atoms with E-state index in [0.717, 1.165) is 18.2 Å². The molecule has 7 nitrogen and oxygen atoms in total. The minimum atomic E-state index is -3.36. The van der Waals surface area contributed by atoms with Gasteiger partial charge in [-0.05, 0) is 31.2 Å². The molecule has 1 aromatic rings. The number of hydrogen-bond acceptors (Lipinski definition) is 4. The third kappa shape index (κ3) is 7.68. The third-order valence-corrected chi connectivity index (χ3v) is 6.06. The Balaban J connectivity index is 1.89. The molecular formula is C19H29N3O4S. The van der Waals surface area contributed by atoms with E-state index < -0.39 is 10.0 Å². The summed E-state index contributed by atoms with van der Waals surface area (Å²) in [6.07, 6.45) is 3.80. The highest BCUT2D eigenvalue weighted by Gasteiger charge is 2.23. The predicted octanol–water partition coefficient (Wildman–Crippen LogP) is 0.913. The highest BCUT2D eigenvalue weighted by atomic mass is 32.2. The summed E-state index contributed by atoms with van der Waals surface area (Å²) in [6.45, 7) is 1.49. The van der Waals surface area contributed by atoms with Gasteiger partial charge in [0.05, 0.1) is 6.26 Å². The summed E-state index contributed by atoms with van der Waals surface area (Å²) < 4.78 is 25.0. The maximum atomic E-state index is 12.5. The van der Waals surface area contributed by atoms with Gasteiger partial charge in [0.25, 0.3) is 0 Å². The molecule has 1 heterocycles. The lowest BCUT2D eigenvalue weighted by Crippen LogP contribution is -2.35. The third-order valence-electron chi connectivity index (χ3n) is 4.76. The van der Waals surface area contributed by atoms with Crippen LogP contribution < -0.4 is 10.6 Å². The molecule has 1 atom stereocenters. The number of benzene rings is 1. The summed E-state index contributed by atoms with van der Waals surface area (Å²) in [5, 5.41) is 5.75. The summed E-state index contributed by atoms with van der Waals surface area (Å²) in [5.74, 6) is -0.459. The lowest BCUT2D eigenvalue weighted by Gasteiger charge is -2.20. The average Bonchev–Trinajstić information content (AvgIpc) is 2.66. The lowest BCUT2D eigenvalue weighted by atomic mass is 9.98. The molecule has 1 aromatic carbocycles. The largest absolute Gasteiger partial charge is 0.356 e. The molecule has 0 aliphatic carbocycles. The van der Waals surface area contributed by atoms with Crippen molar-refractivity contribution in [2.75, 3.05) is 32.4 Å². The number of carbonyl (C=O) groups is 2. The first kappa shape index (κ1) is 21.4. The van der Waals surface area contributed by atoms with Crippen molar-refractivity contribution in [3.8, 4) is 0 Å². The van der Waals surface area contributed by atoms with Crippen molar-refractivity contribution in [1.29, 1.82) is 0 Å². The maximum Gasteiger partial charge on any atom is 0.223 e. The number of rotatable bonds is 5. The predicted molar refractivity (Wildman–Crippen MR) is 105 cm³/mol. The second-order valence-electron chi connectivity index (χ2n) is 6.92. The molecule has 8 heteroatoms. The molecule has 1 unspecified atom stereocenters. The molecule has 27 heavy (non-hydrogen) atoms. The number of hydrogen-bond donors (Lipinski definition) is 2. The molecule has 2 N–H and O–H groups in total. The standard InChI is InChI=1S/C19H29N3O4S/c1-27(25,26)22-14-5-8-17(10-13-20-18(23)11-15-22)19(24)21-12-9-16-6-3-2-4-7-16/h2-4,6-7,17H,5,8-15H2,1H3,(H,20,23)(H,21,24). The van der Waals surface area contributed by atoms with Crippen molar-refractivity contribution in [2.24, 2.45) is 5.92 Å². The summed E-state index contributed by atoms with van der Waals surface area (Å²) >= 11 is 0. The van der Waals surface area contributed by atoms with Gasteiger partial charge < -0.3 is 10.6 Å². The fraction of sp³-hybridized carbons (Fsp3) is 0.579. The highest BCUT2D eigenvalue weighted by Crippen LogP contribution is 2.14. The Morgan fingerprint density at radius 3 is 2.67 bits per heavy atom. The first-order valence-corrected chi connectivity index (χ1v) is 11.2. The van der Waals surface area contributed by atoms with Crippen molar-refractivity contribution < 1.29 is 18.0 Å². The fourth-order valence-corrected chi connectivity index (χ4v) is 4.07. The average molecular weight is 396 g/mol. The Morgan fingerprint density at radius 2 is 1.96 bits per heavy atom. The Kier molecular flexibility index (Phi) is 8.24. The van der Waals surface area contributed by atoms with Gasteiger partial charge >= 0.3 is 0 Å². The number of amides is 2. The number of nitrogens with zero attached hydrogens (tertiary/aromatic N) is 1. The molecule has 0 radical (unpaired) electrons. The summed E-state index contributed by atoms with van der Waals surface area (Å²) in [6, 6.07) is 9.94. The van der Waals surface area contributed by atoms with Crippen molar-refractivity contribution in [3.05, 3.63) is 35.9 Å². The molecule has 150 valence electrons.